The van der Waals surface area contributed by atoms with E-state index in [1.165, 1.54) is 44.3 Å². The van der Waals surface area contributed by atoms with Crippen molar-refractivity contribution in [2.45, 2.75) is 6.42 Å². The summed E-state index contributed by atoms with van der Waals surface area (Å²) in [4.78, 5) is 4.92. The predicted molar refractivity (Wildman–Crippen MR) is 205 cm³/mol. The molecule has 0 radical (unpaired) electrons. The van der Waals surface area contributed by atoms with Crippen LogP contribution in [0.15, 0.2) is 170 Å². The van der Waals surface area contributed by atoms with Crippen LogP contribution in [0.3, 0.4) is 0 Å². The Bertz CT molecular complexity index is 2370. The summed E-state index contributed by atoms with van der Waals surface area (Å²) in [6.45, 7) is -0.0552. The molecule has 3 nitrogen and oxygen atoms in total. The summed E-state index contributed by atoms with van der Waals surface area (Å²) in [5, 5.41) is 0. The van der Waals surface area contributed by atoms with E-state index in [0.29, 0.717) is 0 Å². The maximum Gasteiger partial charge on any atom is 0.330 e. The molecule has 0 saturated heterocycles. The fourth-order valence-electron chi connectivity index (χ4n) is 8.04. The normalized spacial score (nSPS) is 13.2. The summed E-state index contributed by atoms with van der Waals surface area (Å²) in [7, 11) is 0. The monoisotopic (exact) mass is 626 g/mol. The van der Waals surface area contributed by atoms with Crippen molar-refractivity contribution in [1.82, 2.24) is 0 Å². The fraction of sp³-hybridized carbons (Fsp3) is 0.0222. The van der Waals surface area contributed by atoms with Crippen LogP contribution in [0, 0.1) is 0 Å². The first-order valence-electron chi connectivity index (χ1n) is 16.9. The van der Waals surface area contributed by atoms with E-state index in [4.69, 9.17) is 4.74 Å². The van der Waals surface area contributed by atoms with Crippen molar-refractivity contribution in [1.29, 1.82) is 0 Å². The van der Waals surface area contributed by atoms with E-state index in [-0.39, 0.29) is 6.85 Å². The molecule has 7 aromatic rings. The van der Waals surface area contributed by atoms with Crippen molar-refractivity contribution in [3.8, 4) is 22.6 Å². The second-order valence-electron chi connectivity index (χ2n) is 12.9. The Balaban J connectivity index is 1.30. The van der Waals surface area contributed by atoms with Crippen molar-refractivity contribution in [3.63, 3.8) is 0 Å². The maximum atomic E-state index is 6.65. The van der Waals surface area contributed by atoms with E-state index in [1.54, 1.807) is 0 Å². The Labute approximate surface area is 287 Å². The van der Waals surface area contributed by atoms with Crippen LogP contribution in [-0.2, 0) is 6.42 Å². The molecular formula is C45H31BN2O. The van der Waals surface area contributed by atoms with E-state index in [2.05, 4.69) is 186 Å². The molecule has 0 fully saturated rings. The van der Waals surface area contributed by atoms with Crippen LogP contribution in [0.25, 0.3) is 22.8 Å². The number of hydrogen-bond donors (Lipinski definition) is 0. The van der Waals surface area contributed by atoms with Gasteiger partial charge in [-0.1, -0.05) is 121 Å². The number of nitrogens with zero attached hydrogens (tertiary/aromatic N) is 2. The number of allylic oxidation sites excluding steroid dienone is 1. The molecule has 10 rings (SSSR count). The first-order chi connectivity index (χ1) is 24.3. The lowest BCUT2D eigenvalue weighted by Crippen LogP contribution is -2.59. The molecule has 0 saturated carbocycles. The number of fused-ring (bicyclic) bond motifs is 6. The molecule has 3 aliphatic rings. The highest BCUT2D eigenvalue weighted by Crippen LogP contribution is 2.54. The van der Waals surface area contributed by atoms with Gasteiger partial charge in [-0.25, -0.2) is 0 Å². The summed E-state index contributed by atoms with van der Waals surface area (Å²) < 4.78 is 6.65. The quantitative estimate of drug-likeness (QED) is 0.177. The molecule has 4 heteroatoms. The molecule has 0 bridgehead atoms. The minimum Gasteiger partial charge on any atom is -0.453 e. The molecule has 0 amide bonds. The number of para-hydroxylation sites is 5. The highest BCUT2D eigenvalue weighted by atomic mass is 16.5. The third-order valence-corrected chi connectivity index (χ3v) is 10.1. The van der Waals surface area contributed by atoms with E-state index in [9.17, 15) is 0 Å². The molecule has 0 unspecified atom stereocenters. The SMILES string of the molecule is C1=C(Cc2ccccc2)c2ccccc2B2c3c1cc(N(c1ccccc1)c1ccccc1)cc3-c1cccc3c1N2c1ccccc1O3. The lowest BCUT2D eigenvalue weighted by atomic mass is 9.44. The first-order valence-corrected chi connectivity index (χ1v) is 16.9. The number of ether oxygens (including phenoxy) is 1. The van der Waals surface area contributed by atoms with Crippen molar-refractivity contribution in [2.75, 3.05) is 9.71 Å². The molecule has 7 aromatic carbocycles. The largest absolute Gasteiger partial charge is 0.453 e. The number of rotatable bonds is 5. The zero-order chi connectivity index (χ0) is 32.3. The van der Waals surface area contributed by atoms with Gasteiger partial charge >= 0.3 is 6.85 Å². The third kappa shape index (κ3) is 4.45. The molecule has 0 spiro atoms. The standard InChI is InChI=1S/C45H31BN2O/c1-4-15-31(16-5-1)27-32-28-33-29-36(47(34-17-6-2-7-18-34)35-19-8-3-9-20-35)30-39-38-22-14-26-43-45(38)48(41-24-12-13-25-42(41)49-43)46(44(33)39)40-23-11-10-21-37(32)40/h1-26,28-30H,27H2. The zero-order valence-electron chi connectivity index (χ0n) is 26.8. The van der Waals surface area contributed by atoms with Crippen molar-refractivity contribution in [2.24, 2.45) is 0 Å². The molecule has 230 valence electrons. The average molecular weight is 627 g/mol. The van der Waals surface area contributed by atoms with E-state index in [0.717, 1.165) is 46.4 Å². The Morgan fingerprint density at radius 2 is 1.16 bits per heavy atom. The lowest BCUT2D eigenvalue weighted by Gasteiger charge is -2.43. The zero-order valence-corrected chi connectivity index (χ0v) is 26.8. The molecule has 0 atom stereocenters. The highest BCUT2D eigenvalue weighted by molar-refractivity contribution is 6.92. The molecule has 3 aliphatic heterocycles. The van der Waals surface area contributed by atoms with Gasteiger partial charge in [-0.15, -0.1) is 0 Å². The smallest absolute Gasteiger partial charge is 0.330 e. The topological polar surface area (TPSA) is 15.7 Å². The van der Waals surface area contributed by atoms with Crippen LogP contribution in [-0.4, -0.2) is 6.85 Å². The Morgan fingerprint density at radius 1 is 0.531 bits per heavy atom. The number of hydrogen-bond acceptors (Lipinski definition) is 3. The average Bonchev–Trinajstić information content (AvgIpc) is 3.29. The van der Waals surface area contributed by atoms with E-state index in [1.807, 2.05) is 0 Å². The van der Waals surface area contributed by atoms with Gasteiger partial charge in [-0.2, -0.15) is 0 Å². The van der Waals surface area contributed by atoms with E-state index < -0.39 is 0 Å². The van der Waals surface area contributed by atoms with Gasteiger partial charge in [-0.05, 0) is 99.8 Å². The summed E-state index contributed by atoms with van der Waals surface area (Å²) in [5.74, 6) is 1.77. The second-order valence-corrected chi connectivity index (χ2v) is 12.9. The van der Waals surface area contributed by atoms with Crippen LogP contribution in [0.2, 0.25) is 0 Å². The number of benzene rings is 7. The first kappa shape index (κ1) is 27.8. The lowest BCUT2D eigenvalue weighted by molar-refractivity contribution is 0.478. The summed E-state index contributed by atoms with van der Waals surface area (Å²) in [6, 6.07) is 61.0. The molecule has 0 aromatic heterocycles. The van der Waals surface area contributed by atoms with Crippen molar-refractivity contribution >= 4 is 57.9 Å². The van der Waals surface area contributed by atoms with Gasteiger partial charge in [0.2, 0.25) is 0 Å². The van der Waals surface area contributed by atoms with Crippen LogP contribution < -0.4 is 25.4 Å². The molecule has 49 heavy (non-hydrogen) atoms. The fourth-order valence-corrected chi connectivity index (χ4v) is 8.04. The summed E-state index contributed by atoms with van der Waals surface area (Å²) in [5.41, 5.74) is 15.7. The van der Waals surface area contributed by atoms with Crippen LogP contribution in [0.4, 0.5) is 28.4 Å². The number of anilines is 5. The van der Waals surface area contributed by atoms with Gasteiger partial charge in [0.15, 0.2) is 5.75 Å². The maximum absolute atomic E-state index is 6.65. The molecular weight excluding hydrogens is 595 g/mol. The van der Waals surface area contributed by atoms with Crippen molar-refractivity contribution in [3.05, 3.63) is 187 Å². The van der Waals surface area contributed by atoms with Gasteiger partial charge in [0.05, 0.1) is 11.4 Å². The second kappa shape index (κ2) is 11.2. The minimum absolute atomic E-state index is 0.0552. The van der Waals surface area contributed by atoms with Gasteiger partial charge in [0, 0.05) is 22.6 Å². The summed E-state index contributed by atoms with van der Waals surface area (Å²) >= 11 is 0. The minimum atomic E-state index is -0.0552. The molecule has 0 N–H and O–H groups in total. The Kier molecular flexibility index (Phi) is 6.35. The van der Waals surface area contributed by atoms with E-state index >= 15 is 0 Å². The van der Waals surface area contributed by atoms with Gasteiger partial charge in [-0.3, -0.25) is 0 Å². The van der Waals surface area contributed by atoms with Gasteiger partial charge in [0.25, 0.3) is 0 Å². The van der Waals surface area contributed by atoms with Crippen LogP contribution >= 0.6 is 0 Å². The Hall–Kier alpha value is -6.26. The molecule has 3 heterocycles. The third-order valence-electron chi connectivity index (χ3n) is 10.1. The summed E-state index contributed by atoms with van der Waals surface area (Å²) in [6.07, 6.45) is 3.30. The van der Waals surface area contributed by atoms with Crippen molar-refractivity contribution < 1.29 is 4.74 Å². The Morgan fingerprint density at radius 3 is 1.94 bits per heavy atom. The highest BCUT2D eigenvalue weighted by Gasteiger charge is 2.45. The molecule has 0 aliphatic carbocycles. The van der Waals surface area contributed by atoms with Gasteiger partial charge < -0.3 is 14.4 Å². The van der Waals surface area contributed by atoms with Crippen LogP contribution in [0.5, 0.6) is 11.5 Å². The van der Waals surface area contributed by atoms with Crippen LogP contribution in [0.1, 0.15) is 16.7 Å². The van der Waals surface area contributed by atoms with Gasteiger partial charge in [0.1, 0.15) is 5.75 Å². The predicted octanol–water partition coefficient (Wildman–Crippen LogP) is 10.3.